The Labute approximate surface area is 126 Å². The van der Waals surface area contributed by atoms with Crippen molar-refractivity contribution < 1.29 is 19.4 Å². The topological polar surface area (TPSA) is 75.6 Å². The highest BCUT2D eigenvalue weighted by atomic mass is 127. The number of rotatable bonds is 5. The first-order chi connectivity index (χ1) is 8.45. The van der Waals surface area contributed by atoms with Crippen molar-refractivity contribution in [1.29, 1.82) is 0 Å². The molecule has 1 unspecified atom stereocenters. The van der Waals surface area contributed by atoms with E-state index in [4.69, 9.17) is 9.84 Å². The number of methoxy groups -OCH3 is 1. The Balaban J connectivity index is 2.71. The Morgan fingerprint density at radius 2 is 2.22 bits per heavy atom. The summed E-state index contributed by atoms with van der Waals surface area (Å²) in [5.74, 6) is -1.44. The SMILES string of the molecule is COC(CNC(=O)c1cc(Br)ccc1I)C(=O)O. The van der Waals surface area contributed by atoms with Gasteiger partial charge in [-0.15, -0.1) is 0 Å². The van der Waals surface area contributed by atoms with Gasteiger partial charge in [-0.3, -0.25) is 4.79 Å². The Morgan fingerprint density at radius 3 is 2.78 bits per heavy atom. The molecule has 7 heteroatoms. The normalized spacial score (nSPS) is 11.9. The maximum atomic E-state index is 11.9. The van der Waals surface area contributed by atoms with Gasteiger partial charge < -0.3 is 15.2 Å². The summed E-state index contributed by atoms with van der Waals surface area (Å²) in [6, 6.07) is 5.30. The number of ether oxygens (including phenoxy) is 1. The van der Waals surface area contributed by atoms with Gasteiger partial charge in [0.2, 0.25) is 0 Å². The van der Waals surface area contributed by atoms with E-state index >= 15 is 0 Å². The average molecular weight is 428 g/mol. The Morgan fingerprint density at radius 1 is 1.56 bits per heavy atom. The van der Waals surface area contributed by atoms with E-state index in [1.54, 1.807) is 12.1 Å². The minimum atomic E-state index is -1.11. The molecule has 18 heavy (non-hydrogen) atoms. The lowest BCUT2D eigenvalue weighted by Crippen LogP contribution is -2.38. The fourth-order valence-corrected chi connectivity index (χ4v) is 2.17. The molecule has 0 radical (unpaired) electrons. The van der Waals surface area contributed by atoms with E-state index in [1.807, 2.05) is 28.7 Å². The monoisotopic (exact) mass is 427 g/mol. The molecule has 1 rings (SSSR count). The van der Waals surface area contributed by atoms with Crippen molar-refractivity contribution in [1.82, 2.24) is 5.32 Å². The van der Waals surface area contributed by atoms with E-state index in [-0.39, 0.29) is 12.5 Å². The van der Waals surface area contributed by atoms with Crippen LogP contribution in [-0.2, 0) is 9.53 Å². The van der Waals surface area contributed by atoms with Crippen molar-refractivity contribution in [3.63, 3.8) is 0 Å². The molecule has 0 aliphatic rings. The van der Waals surface area contributed by atoms with Crippen LogP contribution in [0.5, 0.6) is 0 Å². The minimum Gasteiger partial charge on any atom is -0.479 e. The molecule has 0 aliphatic heterocycles. The smallest absolute Gasteiger partial charge is 0.334 e. The van der Waals surface area contributed by atoms with Crippen molar-refractivity contribution in [2.75, 3.05) is 13.7 Å². The third-order valence-electron chi connectivity index (χ3n) is 2.18. The number of carboxylic acids is 1. The second-order valence-electron chi connectivity index (χ2n) is 3.40. The van der Waals surface area contributed by atoms with E-state index in [1.165, 1.54) is 7.11 Å². The number of carboxylic acid groups (broad SMARTS) is 1. The number of nitrogens with one attached hydrogen (secondary N) is 1. The average Bonchev–Trinajstić information content (AvgIpc) is 2.32. The van der Waals surface area contributed by atoms with Gasteiger partial charge in [-0.1, -0.05) is 15.9 Å². The first-order valence-corrected chi connectivity index (χ1v) is 6.81. The molecule has 1 aromatic carbocycles. The van der Waals surface area contributed by atoms with Crippen LogP contribution in [-0.4, -0.2) is 36.7 Å². The zero-order chi connectivity index (χ0) is 13.7. The van der Waals surface area contributed by atoms with Gasteiger partial charge in [0.05, 0.1) is 12.1 Å². The van der Waals surface area contributed by atoms with Crippen molar-refractivity contribution >= 4 is 50.4 Å². The van der Waals surface area contributed by atoms with E-state index in [0.717, 1.165) is 8.04 Å². The summed E-state index contributed by atoms with van der Waals surface area (Å²) in [6.07, 6.45) is -1.04. The maximum absolute atomic E-state index is 11.9. The van der Waals surface area contributed by atoms with Crippen LogP contribution in [0.2, 0.25) is 0 Å². The number of carbonyl (C=O) groups is 2. The van der Waals surface area contributed by atoms with Crippen LogP contribution < -0.4 is 5.32 Å². The van der Waals surface area contributed by atoms with E-state index in [0.29, 0.717) is 5.56 Å². The van der Waals surface area contributed by atoms with Gasteiger partial charge in [0.25, 0.3) is 5.91 Å². The standard InChI is InChI=1S/C11H11BrINO4/c1-18-9(11(16)17)5-14-10(15)7-4-6(12)2-3-8(7)13/h2-4,9H,5H2,1H3,(H,14,15)(H,16,17). The minimum absolute atomic E-state index is 0.0761. The number of amides is 1. The molecule has 0 fully saturated rings. The van der Waals surface area contributed by atoms with Crippen LogP contribution in [0.1, 0.15) is 10.4 Å². The number of benzene rings is 1. The predicted octanol–water partition coefficient (Wildman–Crippen LogP) is 1.88. The van der Waals surface area contributed by atoms with Gasteiger partial charge >= 0.3 is 5.97 Å². The highest BCUT2D eigenvalue weighted by molar-refractivity contribution is 14.1. The summed E-state index contributed by atoms with van der Waals surface area (Å²) in [6.45, 7) is -0.0761. The highest BCUT2D eigenvalue weighted by Gasteiger charge is 2.18. The molecule has 0 bridgehead atoms. The van der Waals surface area contributed by atoms with Gasteiger partial charge in [0.15, 0.2) is 6.10 Å². The number of carbonyl (C=O) groups excluding carboxylic acids is 1. The molecular formula is C11H11BrINO4. The largest absolute Gasteiger partial charge is 0.479 e. The summed E-state index contributed by atoms with van der Waals surface area (Å²) in [5.41, 5.74) is 0.491. The van der Waals surface area contributed by atoms with Crippen LogP contribution >= 0.6 is 38.5 Å². The number of aliphatic carboxylic acids is 1. The molecule has 0 saturated heterocycles. The van der Waals surface area contributed by atoms with E-state index in [2.05, 4.69) is 21.2 Å². The van der Waals surface area contributed by atoms with Crippen LogP contribution in [0, 0.1) is 3.57 Å². The van der Waals surface area contributed by atoms with Gasteiger partial charge in [0, 0.05) is 15.2 Å². The number of hydrogen-bond donors (Lipinski definition) is 2. The lowest BCUT2D eigenvalue weighted by molar-refractivity contribution is -0.148. The van der Waals surface area contributed by atoms with Crippen LogP contribution in [0.25, 0.3) is 0 Å². The Kier molecular flexibility index (Phi) is 6.03. The zero-order valence-electron chi connectivity index (χ0n) is 9.44. The highest BCUT2D eigenvalue weighted by Crippen LogP contribution is 2.18. The molecule has 0 saturated carbocycles. The molecular weight excluding hydrogens is 417 g/mol. The molecule has 1 atom stereocenters. The molecule has 2 N–H and O–H groups in total. The molecule has 0 aliphatic carbocycles. The van der Waals surface area contributed by atoms with Crippen molar-refractivity contribution in [3.8, 4) is 0 Å². The van der Waals surface area contributed by atoms with Crippen molar-refractivity contribution in [3.05, 3.63) is 31.8 Å². The Bertz CT molecular complexity index is 466. The maximum Gasteiger partial charge on any atom is 0.334 e. The molecule has 1 aromatic rings. The third-order valence-corrected chi connectivity index (χ3v) is 3.61. The zero-order valence-corrected chi connectivity index (χ0v) is 13.2. The molecule has 0 heterocycles. The summed E-state index contributed by atoms with van der Waals surface area (Å²) in [5, 5.41) is 11.3. The fourth-order valence-electron chi connectivity index (χ4n) is 1.22. The lowest BCUT2D eigenvalue weighted by atomic mass is 10.2. The number of halogens is 2. The second-order valence-corrected chi connectivity index (χ2v) is 5.47. The molecule has 0 spiro atoms. The predicted molar refractivity (Wildman–Crippen MR) is 77.6 cm³/mol. The van der Waals surface area contributed by atoms with Gasteiger partial charge in [-0.05, 0) is 40.8 Å². The third kappa shape index (κ3) is 4.21. The van der Waals surface area contributed by atoms with Gasteiger partial charge in [0.1, 0.15) is 0 Å². The van der Waals surface area contributed by atoms with Crippen LogP contribution in [0.3, 0.4) is 0 Å². The quantitative estimate of drug-likeness (QED) is 0.703. The first-order valence-electron chi connectivity index (χ1n) is 4.94. The second kappa shape index (κ2) is 7.05. The van der Waals surface area contributed by atoms with Crippen molar-refractivity contribution in [2.45, 2.75) is 6.10 Å². The van der Waals surface area contributed by atoms with E-state index < -0.39 is 12.1 Å². The summed E-state index contributed by atoms with van der Waals surface area (Å²) < 4.78 is 6.30. The molecule has 1 amide bonds. The van der Waals surface area contributed by atoms with Crippen LogP contribution in [0.4, 0.5) is 0 Å². The summed E-state index contributed by atoms with van der Waals surface area (Å²) >= 11 is 5.32. The van der Waals surface area contributed by atoms with Crippen molar-refractivity contribution in [2.24, 2.45) is 0 Å². The molecule has 5 nitrogen and oxygen atoms in total. The van der Waals surface area contributed by atoms with Crippen LogP contribution in [0.15, 0.2) is 22.7 Å². The first kappa shape index (κ1) is 15.4. The lowest BCUT2D eigenvalue weighted by Gasteiger charge is -2.12. The molecule has 98 valence electrons. The van der Waals surface area contributed by atoms with Gasteiger partial charge in [-0.25, -0.2) is 4.79 Å². The Hall–Kier alpha value is -0.670. The summed E-state index contributed by atoms with van der Waals surface area (Å²) in [4.78, 5) is 22.6. The fraction of sp³-hybridized carbons (Fsp3) is 0.273. The number of hydrogen-bond acceptors (Lipinski definition) is 3. The molecule has 0 aromatic heterocycles. The van der Waals surface area contributed by atoms with Gasteiger partial charge in [-0.2, -0.15) is 0 Å². The van der Waals surface area contributed by atoms with E-state index in [9.17, 15) is 9.59 Å². The summed E-state index contributed by atoms with van der Waals surface area (Å²) in [7, 11) is 1.29.